The molecule has 0 saturated carbocycles. The first-order valence-corrected chi connectivity index (χ1v) is 9.27. The third-order valence-electron chi connectivity index (χ3n) is 4.73. The van der Waals surface area contributed by atoms with Crippen molar-refractivity contribution in [3.63, 3.8) is 0 Å². The average Bonchev–Trinajstić information content (AvgIpc) is 3.03. The Morgan fingerprint density at radius 1 is 1.18 bits per heavy atom. The summed E-state index contributed by atoms with van der Waals surface area (Å²) in [6.45, 7) is 3.97. The van der Waals surface area contributed by atoms with Gasteiger partial charge in [0.25, 0.3) is 5.91 Å². The fraction of sp³-hybridized carbons (Fsp3) is 0.227. The lowest BCUT2D eigenvalue weighted by atomic mass is 9.96. The molecule has 1 unspecified atom stereocenters. The van der Waals surface area contributed by atoms with E-state index in [0.29, 0.717) is 6.42 Å². The second-order valence-corrected chi connectivity index (χ2v) is 6.90. The van der Waals surface area contributed by atoms with E-state index in [1.807, 2.05) is 74.5 Å². The molecule has 0 aliphatic carbocycles. The molecule has 142 valence electrons. The number of fused-ring (bicyclic) bond motifs is 1. The number of benzene rings is 2. The van der Waals surface area contributed by atoms with Crippen LogP contribution in [-0.4, -0.2) is 21.4 Å². The summed E-state index contributed by atoms with van der Waals surface area (Å²) in [5.41, 5.74) is 7.31. The molecule has 0 spiro atoms. The van der Waals surface area contributed by atoms with Crippen LogP contribution in [0.5, 0.6) is 5.75 Å². The van der Waals surface area contributed by atoms with Crippen molar-refractivity contribution in [1.82, 2.24) is 15.2 Å². The quantitative estimate of drug-likeness (QED) is 0.710. The zero-order valence-corrected chi connectivity index (χ0v) is 15.9. The lowest BCUT2D eigenvalue weighted by molar-refractivity contribution is -0.121. The summed E-state index contributed by atoms with van der Waals surface area (Å²) >= 11 is 0. The molecule has 2 heterocycles. The highest BCUT2D eigenvalue weighted by Gasteiger charge is 2.26. The van der Waals surface area contributed by atoms with Crippen molar-refractivity contribution in [2.75, 3.05) is 0 Å². The lowest BCUT2D eigenvalue weighted by Gasteiger charge is -2.27. The molecule has 6 heteroatoms. The van der Waals surface area contributed by atoms with Crippen LogP contribution in [0.2, 0.25) is 0 Å². The van der Waals surface area contributed by atoms with E-state index in [4.69, 9.17) is 4.74 Å². The Morgan fingerprint density at radius 3 is 2.68 bits per heavy atom. The normalized spacial score (nSPS) is 17.1. The van der Waals surface area contributed by atoms with Crippen molar-refractivity contribution < 1.29 is 9.53 Å². The number of ether oxygens (including phenoxy) is 1. The van der Waals surface area contributed by atoms with Gasteiger partial charge in [-0.2, -0.15) is 10.2 Å². The molecule has 2 aromatic carbocycles. The number of hydrogen-bond acceptors (Lipinski definition) is 4. The van der Waals surface area contributed by atoms with Gasteiger partial charge in [-0.3, -0.25) is 9.48 Å². The number of carbonyl (C=O) groups is 1. The number of nitrogens with one attached hydrogen (secondary N) is 1. The Morgan fingerprint density at radius 2 is 1.93 bits per heavy atom. The van der Waals surface area contributed by atoms with E-state index < -0.39 is 0 Å². The van der Waals surface area contributed by atoms with E-state index in [0.717, 1.165) is 34.0 Å². The number of amides is 1. The molecule has 6 nitrogen and oxygen atoms in total. The number of aryl methyl sites for hydroxylation is 2. The summed E-state index contributed by atoms with van der Waals surface area (Å²) in [6, 6.07) is 19.8. The third-order valence-corrected chi connectivity index (χ3v) is 4.73. The van der Waals surface area contributed by atoms with Crippen molar-refractivity contribution >= 4 is 11.6 Å². The highest BCUT2D eigenvalue weighted by molar-refractivity contribution is 6.04. The van der Waals surface area contributed by atoms with E-state index >= 15 is 0 Å². The number of para-hydroxylation sites is 1. The van der Waals surface area contributed by atoms with Gasteiger partial charge in [0, 0.05) is 17.7 Å². The Hall–Kier alpha value is -3.41. The van der Waals surface area contributed by atoms with E-state index in [-0.39, 0.29) is 18.6 Å². The van der Waals surface area contributed by atoms with Crippen LogP contribution in [0, 0.1) is 13.8 Å². The minimum atomic E-state index is -0.209. The Labute approximate surface area is 163 Å². The van der Waals surface area contributed by atoms with Crippen LogP contribution in [0.3, 0.4) is 0 Å². The summed E-state index contributed by atoms with van der Waals surface area (Å²) in [4.78, 5) is 12.4. The van der Waals surface area contributed by atoms with E-state index in [1.54, 1.807) is 4.68 Å². The lowest BCUT2D eigenvalue weighted by Crippen LogP contribution is -2.28. The van der Waals surface area contributed by atoms with Crippen LogP contribution in [0.4, 0.5) is 0 Å². The maximum absolute atomic E-state index is 12.4. The minimum absolute atomic E-state index is 0.136. The highest BCUT2D eigenvalue weighted by atomic mass is 16.5. The van der Waals surface area contributed by atoms with Gasteiger partial charge >= 0.3 is 0 Å². The van der Waals surface area contributed by atoms with Crippen LogP contribution in [-0.2, 0) is 11.3 Å². The number of aromatic nitrogens is 2. The molecule has 0 radical (unpaired) electrons. The largest absolute Gasteiger partial charge is 0.485 e. The minimum Gasteiger partial charge on any atom is -0.485 e. The van der Waals surface area contributed by atoms with E-state index in [2.05, 4.69) is 15.6 Å². The number of hydrazone groups is 1. The van der Waals surface area contributed by atoms with Crippen molar-refractivity contribution in [2.24, 2.45) is 5.10 Å². The monoisotopic (exact) mass is 374 g/mol. The Kier molecular flexibility index (Phi) is 4.93. The van der Waals surface area contributed by atoms with Gasteiger partial charge in [0.15, 0.2) is 0 Å². The highest BCUT2D eigenvalue weighted by Crippen LogP contribution is 2.34. The summed E-state index contributed by atoms with van der Waals surface area (Å²) in [5.74, 6) is 0.563. The molecule has 1 aromatic heterocycles. The van der Waals surface area contributed by atoms with Crippen LogP contribution in [0.1, 0.15) is 35.0 Å². The van der Waals surface area contributed by atoms with Crippen molar-refractivity contribution in [3.05, 3.63) is 83.2 Å². The number of hydrogen-bond donors (Lipinski definition) is 1. The van der Waals surface area contributed by atoms with Crippen molar-refractivity contribution in [1.29, 1.82) is 0 Å². The third kappa shape index (κ3) is 3.81. The SMILES string of the molecule is Cc1cc(C)n(CC(=O)NN=C2CC(c3ccccc3)Oc3ccccc32)n1. The van der Waals surface area contributed by atoms with Crippen molar-refractivity contribution in [2.45, 2.75) is 32.9 Å². The summed E-state index contributed by atoms with van der Waals surface area (Å²) in [7, 11) is 0. The van der Waals surface area contributed by atoms with Gasteiger partial charge in [-0.1, -0.05) is 42.5 Å². The average molecular weight is 374 g/mol. The predicted octanol–water partition coefficient (Wildman–Crippen LogP) is 3.54. The van der Waals surface area contributed by atoms with Crippen LogP contribution < -0.4 is 10.2 Å². The molecular formula is C22H22N4O2. The molecule has 1 N–H and O–H groups in total. The molecule has 0 saturated heterocycles. The Balaban J connectivity index is 1.54. The molecule has 1 atom stereocenters. The van der Waals surface area contributed by atoms with Gasteiger partial charge in [0.1, 0.15) is 18.4 Å². The van der Waals surface area contributed by atoms with E-state index in [9.17, 15) is 4.79 Å². The predicted molar refractivity (Wildman–Crippen MR) is 107 cm³/mol. The first kappa shape index (κ1) is 18.0. The second-order valence-electron chi connectivity index (χ2n) is 6.90. The molecule has 1 amide bonds. The summed E-state index contributed by atoms with van der Waals surface area (Å²) in [6.07, 6.45) is 0.448. The summed E-state index contributed by atoms with van der Waals surface area (Å²) in [5, 5.41) is 8.75. The maximum Gasteiger partial charge on any atom is 0.261 e. The number of rotatable bonds is 4. The molecule has 28 heavy (non-hydrogen) atoms. The molecule has 0 fully saturated rings. The van der Waals surface area contributed by atoms with Crippen LogP contribution >= 0.6 is 0 Å². The smallest absolute Gasteiger partial charge is 0.261 e. The number of carbonyl (C=O) groups excluding carboxylic acids is 1. The standard InChI is InChI=1S/C22H22N4O2/c1-15-12-16(2)26(25-15)14-22(27)24-23-19-13-21(17-8-4-3-5-9-17)28-20-11-7-6-10-18(19)20/h3-12,21H,13-14H2,1-2H3,(H,24,27). The van der Waals surface area contributed by atoms with Gasteiger partial charge in [-0.25, -0.2) is 5.43 Å². The Bertz CT molecular complexity index is 1020. The molecule has 0 bridgehead atoms. The van der Waals surface area contributed by atoms with Crippen LogP contribution in [0.15, 0.2) is 65.8 Å². The van der Waals surface area contributed by atoms with Gasteiger partial charge in [-0.15, -0.1) is 0 Å². The van der Waals surface area contributed by atoms with Crippen molar-refractivity contribution in [3.8, 4) is 5.75 Å². The molecule has 1 aliphatic rings. The number of nitrogens with zero attached hydrogens (tertiary/aromatic N) is 3. The van der Waals surface area contributed by atoms with Gasteiger partial charge < -0.3 is 4.74 Å². The molecule has 3 aromatic rings. The van der Waals surface area contributed by atoms with Gasteiger partial charge in [0.2, 0.25) is 0 Å². The molecule has 4 rings (SSSR count). The molecule has 1 aliphatic heterocycles. The molecular weight excluding hydrogens is 352 g/mol. The topological polar surface area (TPSA) is 68.5 Å². The zero-order chi connectivity index (χ0) is 19.5. The van der Waals surface area contributed by atoms with E-state index in [1.165, 1.54) is 0 Å². The van der Waals surface area contributed by atoms with Gasteiger partial charge in [0.05, 0.1) is 11.4 Å². The van der Waals surface area contributed by atoms with Crippen LogP contribution in [0.25, 0.3) is 0 Å². The van der Waals surface area contributed by atoms with Gasteiger partial charge in [-0.05, 0) is 37.6 Å². The first-order valence-electron chi connectivity index (χ1n) is 9.27. The second kappa shape index (κ2) is 7.68. The zero-order valence-electron chi connectivity index (χ0n) is 15.9. The maximum atomic E-state index is 12.4. The first-order chi connectivity index (χ1) is 13.6. The summed E-state index contributed by atoms with van der Waals surface area (Å²) < 4.78 is 7.84. The fourth-order valence-electron chi connectivity index (χ4n) is 3.38. The fourth-order valence-corrected chi connectivity index (χ4v) is 3.38.